The molecule has 33 heavy (non-hydrogen) atoms. The number of imide groups is 1. The van der Waals surface area contributed by atoms with Gasteiger partial charge in [0.2, 0.25) is 0 Å². The number of nitrogens with one attached hydrogen (secondary N) is 1. The SMILES string of the molecule is C[C@@H]1C[C@H](C)CN(C(=O)N(C(=O)CNC(=O)c2cccnc2)c2ccc(C(C)(C)C)cc2)C1. The number of pyridine rings is 1. The molecule has 176 valence electrons. The van der Waals surface area contributed by atoms with E-state index in [0.29, 0.717) is 36.2 Å². The molecule has 1 saturated heterocycles. The molecule has 0 aliphatic carbocycles. The Morgan fingerprint density at radius 3 is 2.24 bits per heavy atom. The molecule has 1 aromatic heterocycles. The van der Waals surface area contributed by atoms with Crippen molar-refractivity contribution < 1.29 is 14.4 Å². The van der Waals surface area contributed by atoms with E-state index in [2.05, 4.69) is 44.9 Å². The molecule has 1 aliphatic rings. The molecule has 0 spiro atoms. The van der Waals surface area contributed by atoms with Crippen LogP contribution in [0.5, 0.6) is 0 Å². The van der Waals surface area contributed by atoms with Crippen LogP contribution >= 0.6 is 0 Å². The van der Waals surface area contributed by atoms with Gasteiger partial charge in [0.15, 0.2) is 0 Å². The van der Waals surface area contributed by atoms with E-state index in [1.165, 1.54) is 11.1 Å². The Balaban J connectivity index is 1.83. The predicted octanol–water partition coefficient (Wildman–Crippen LogP) is 4.24. The third-order valence-corrected chi connectivity index (χ3v) is 5.90. The molecule has 2 heterocycles. The van der Waals surface area contributed by atoms with Crippen LogP contribution in [0.15, 0.2) is 48.8 Å². The van der Waals surface area contributed by atoms with Gasteiger partial charge in [0.25, 0.3) is 11.8 Å². The summed E-state index contributed by atoms with van der Waals surface area (Å²) in [5, 5.41) is 2.62. The van der Waals surface area contributed by atoms with Gasteiger partial charge < -0.3 is 10.2 Å². The zero-order valence-corrected chi connectivity index (χ0v) is 20.2. The molecule has 1 fully saturated rings. The van der Waals surface area contributed by atoms with Crippen molar-refractivity contribution in [2.24, 2.45) is 11.8 Å². The summed E-state index contributed by atoms with van der Waals surface area (Å²) in [5.41, 5.74) is 1.92. The number of carbonyl (C=O) groups excluding carboxylic acids is 3. The Hall–Kier alpha value is -3.22. The lowest BCUT2D eigenvalue weighted by Gasteiger charge is -2.37. The highest BCUT2D eigenvalue weighted by Crippen LogP contribution is 2.27. The van der Waals surface area contributed by atoms with Gasteiger partial charge in [0.05, 0.1) is 17.8 Å². The summed E-state index contributed by atoms with van der Waals surface area (Å²) in [6.07, 6.45) is 4.06. The van der Waals surface area contributed by atoms with Crippen LogP contribution in [0.25, 0.3) is 0 Å². The first-order valence-corrected chi connectivity index (χ1v) is 11.5. The average Bonchev–Trinajstić information content (AvgIpc) is 2.77. The number of hydrogen-bond acceptors (Lipinski definition) is 4. The maximum absolute atomic E-state index is 13.5. The number of likely N-dealkylation sites (tertiary alicyclic amines) is 1. The number of piperidine rings is 1. The smallest absolute Gasteiger partial charge is 0.331 e. The zero-order chi connectivity index (χ0) is 24.2. The van der Waals surface area contributed by atoms with Gasteiger partial charge in [0.1, 0.15) is 0 Å². The van der Waals surface area contributed by atoms with Crippen molar-refractivity contribution in [1.82, 2.24) is 15.2 Å². The largest absolute Gasteiger partial charge is 0.343 e. The number of hydrogen-bond donors (Lipinski definition) is 1. The van der Waals surface area contributed by atoms with Gasteiger partial charge in [-0.25, -0.2) is 9.69 Å². The molecule has 0 bridgehead atoms. The lowest BCUT2D eigenvalue weighted by atomic mass is 9.87. The lowest BCUT2D eigenvalue weighted by molar-refractivity contribution is -0.117. The van der Waals surface area contributed by atoms with E-state index >= 15 is 0 Å². The maximum Gasteiger partial charge on any atom is 0.331 e. The third-order valence-electron chi connectivity index (χ3n) is 5.90. The van der Waals surface area contributed by atoms with Gasteiger partial charge >= 0.3 is 6.03 Å². The van der Waals surface area contributed by atoms with Crippen molar-refractivity contribution in [2.75, 3.05) is 24.5 Å². The van der Waals surface area contributed by atoms with E-state index in [1.807, 2.05) is 12.1 Å². The van der Waals surface area contributed by atoms with E-state index in [9.17, 15) is 14.4 Å². The fraction of sp³-hybridized carbons (Fsp3) is 0.462. The van der Waals surface area contributed by atoms with E-state index in [-0.39, 0.29) is 18.0 Å². The highest BCUT2D eigenvalue weighted by Gasteiger charge is 2.33. The number of aromatic nitrogens is 1. The van der Waals surface area contributed by atoms with Gasteiger partial charge in [-0.05, 0) is 53.5 Å². The second-order valence-corrected chi connectivity index (χ2v) is 10.1. The van der Waals surface area contributed by atoms with Crippen LogP contribution in [-0.2, 0) is 10.2 Å². The number of nitrogens with zero attached hydrogens (tertiary/aromatic N) is 3. The fourth-order valence-corrected chi connectivity index (χ4v) is 4.27. The standard InChI is InChI=1S/C26H34N4O3/c1-18-13-19(2)17-29(16-18)25(33)30(22-10-8-21(9-11-22)26(3,4)5)23(31)15-28-24(32)20-7-6-12-27-14-20/h6-12,14,18-19H,13,15-17H2,1-5H3,(H,28,32)/t18-,19+. The minimum atomic E-state index is -0.480. The number of anilines is 1. The molecule has 3 rings (SSSR count). The first kappa shape index (κ1) is 24.4. The summed E-state index contributed by atoms with van der Waals surface area (Å²) in [7, 11) is 0. The van der Waals surface area contributed by atoms with Gasteiger partial charge in [-0.15, -0.1) is 0 Å². The molecule has 2 aromatic rings. The van der Waals surface area contributed by atoms with Crippen LogP contribution in [0, 0.1) is 11.8 Å². The Morgan fingerprint density at radius 2 is 1.70 bits per heavy atom. The Bertz CT molecular complexity index is 973. The van der Waals surface area contributed by atoms with Crippen molar-refractivity contribution in [3.63, 3.8) is 0 Å². The minimum absolute atomic E-state index is 0.0488. The fourth-order valence-electron chi connectivity index (χ4n) is 4.27. The van der Waals surface area contributed by atoms with E-state index in [1.54, 1.807) is 35.4 Å². The molecular weight excluding hydrogens is 416 g/mol. The molecule has 0 unspecified atom stereocenters. The number of carbonyl (C=O) groups is 3. The Morgan fingerprint density at radius 1 is 1.06 bits per heavy atom. The third kappa shape index (κ3) is 6.18. The molecular formula is C26H34N4O3. The molecule has 4 amide bonds. The zero-order valence-electron chi connectivity index (χ0n) is 20.2. The van der Waals surface area contributed by atoms with Crippen molar-refractivity contribution in [3.05, 3.63) is 59.9 Å². The second-order valence-electron chi connectivity index (χ2n) is 10.1. The summed E-state index contributed by atoms with van der Waals surface area (Å²) in [6.45, 7) is 11.5. The van der Waals surface area contributed by atoms with E-state index in [4.69, 9.17) is 0 Å². The van der Waals surface area contributed by atoms with Crippen LogP contribution < -0.4 is 10.2 Å². The normalized spacial score (nSPS) is 18.5. The van der Waals surface area contributed by atoms with Crippen LogP contribution in [0.4, 0.5) is 10.5 Å². The summed E-state index contributed by atoms with van der Waals surface area (Å²) >= 11 is 0. The van der Waals surface area contributed by atoms with Crippen molar-refractivity contribution in [1.29, 1.82) is 0 Å². The molecule has 2 atom stereocenters. The molecule has 7 heteroatoms. The van der Waals surface area contributed by atoms with Crippen LogP contribution in [0.1, 0.15) is 57.0 Å². The highest BCUT2D eigenvalue weighted by molar-refractivity contribution is 6.15. The monoisotopic (exact) mass is 450 g/mol. The van der Waals surface area contributed by atoms with Gasteiger partial charge in [-0.1, -0.05) is 46.8 Å². The lowest BCUT2D eigenvalue weighted by Crippen LogP contribution is -2.53. The Kier molecular flexibility index (Phi) is 7.51. The summed E-state index contributed by atoms with van der Waals surface area (Å²) in [5.74, 6) is -0.162. The quantitative estimate of drug-likeness (QED) is 0.755. The topological polar surface area (TPSA) is 82.6 Å². The van der Waals surface area contributed by atoms with E-state index in [0.717, 1.165) is 12.0 Å². The number of amides is 4. The number of benzene rings is 1. The molecule has 7 nitrogen and oxygen atoms in total. The van der Waals surface area contributed by atoms with Crippen molar-refractivity contribution >= 4 is 23.5 Å². The first-order chi connectivity index (χ1) is 15.6. The highest BCUT2D eigenvalue weighted by atomic mass is 16.2. The summed E-state index contributed by atoms with van der Waals surface area (Å²) < 4.78 is 0. The minimum Gasteiger partial charge on any atom is -0.343 e. The summed E-state index contributed by atoms with van der Waals surface area (Å²) in [4.78, 5) is 46.1. The Labute approximate surface area is 196 Å². The summed E-state index contributed by atoms with van der Waals surface area (Å²) in [6, 6.07) is 10.4. The molecule has 0 saturated carbocycles. The van der Waals surface area contributed by atoms with Crippen LogP contribution in [-0.4, -0.2) is 47.4 Å². The average molecular weight is 451 g/mol. The predicted molar refractivity (Wildman–Crippen MR) is 129 cm³/mol. The molecule has 1 aromatic carbocycles. The number of rotatable bonds is 4. The molecule has 1 aliphatic heterocycles. The van der Waals surface area contributed by atoms with E-state index < -0.39 is 11.8 Å². The maximum atomic E-state index is 13.5. The van der Waals surface area contributed by atoms with Gasteiger partial charge in [0, 0.05) is 25.5 Å². The van der Waals surface area contributed by atoms with Crippen LogP contribution in [0.2, 0.25) is 0 Å². The molecule has 0 radical (unpaired) electrons. The van der Waals surface area contributed by atoms with Gasteiger partial charge in [-0.3, -0.25) is 14.6 Å². The molecule has 1 N–H and O–H groups in total. The van der Waals surface area contributed by atoms with Gasteiger partial charge in [-0.2, -0.15) is 0 Å². The number of urea groups is 1. The van der Waals surface area contributed by atoms with Crippen molar-refractivity contribution in [3.8, 4) is 0 Å². The van der Waals surface area contributed by atoms with Crippen molar-refractivity contribution in [2.45, 2.75) is 46.5 Å². The van der Waals surface area contributed by atoms with Crippen LogP contribution in [0.3, 0.4) is 0 Å². The first-order valence-electron chi connectivity index (χ1n) is 11.5. The second kappa shape index (κ2) is 10.1.